The van der Waals surface area contributed by atoms with Gasteiger partial charge < -0.3 is 14.6 Å². The van der Waals surface area contributed by atoms with E-state index in [0.29, 0.717) is 12.6 Å². The van der Waals surface area contributed by atoms with Gasteiger partial charge in [-0.15, -0.1) is 0 Å². The second-order valence-electron chi connectivity index (χ2n) is 6.57. The number of hydrogen-bond acceptors (Lipinski definition) is 4. The molecule has 4 heteroatoms. The van der Waals surface area contributed by atoms with E-state index in [0.717, 1.165) is 29.2 Å². The Balaban J connectivity index is 1.95. The minimum Gasteiger partial charge on any atom is -0.496 e. The van der Waals surface area contributed by atoms with Crippen molar-refractivity contribution >= 4 is 0 Å². The van der Waals surface area contributed by atoms with Gasteiger partial charge in [-0.05, 0) is 38.5 Å². The number of aryl methyl sites for hydroxylation is 1. The quantitative estimate of drug-likeness (QED) is 0.754. The number of rotatable bonds is 9. The van der Waals surface area contributed by atoms with Gasteiger partial charge in [-0.2, -0.15) is 0 Å². The molecule has 0 radical (unpaired) electrons. The molecular formula is C21H29NO3. The van der Waals surface area contributed by atoms with Crippen LogP contribution in [0.3, 0.4) is 0 Å². The lowest BCUT2D eigenvalue weighted by molar-refractivity contribution is 0.0538. The van der Waals surface area contributed by atoms with Crippen molar-refractivity contribution in [3.05, 3.63) is 59.7 Å². The number of aliphatic hydroxyl groups is 1. The van der Waals surface area contributed by atoms with Crippen LogP contribution in [0.15, 0.2) is 48.5 Å². The molecule has 25 heavy (non-hydrogen) atoms. The molecule has 0 saturated carbocycles. The van der Waals surface area contributed by atoms with Crippen molar-refractivity contribution in [3.8, 4) is 11.5 Å². The Morgan fingerprint density at radius 2 is 1.64 bits per heavy atom. The van der Waals surface area contributed by atoms with Crippen molar-refractivity contribution in [2.24, 2.45) is 0 Å². The molecule has 0 bridgehead atoms. The van der Waals surface area contributed by atoms with Crippen LogP contribution in [-0.2, 0) is 6.54 Å². The molecule has 4 nitrogen and oxygen atoms in total. The number of nitrogens with zero attached hydrogens (tertiary/aromatic N) is 1. The van der Waals surface area contributed by atoms with E-state index in [9.17, 15) is 5.11 Å². The number of para-hydroxylation sites is 2. The molecule has 2 aromatic carbocycles. The van der Waals surface area contributed by atoms with Gasteiger partial charge >= 0.3 is 0 Å². The average Bonchev–Trinajstić information content (AvgIpc) is 2.60. The van der Waals surface area contributed by atoms with Gasteiger partial charge in [-0.3, -0.25) is 4.90 Å². The molecule has 1 atom stereocenters. The first-order chi connectivity index (χ1) is 12.0. The van der Waals surface area contributed by atoms with Gasteiger partial charge in [-0.1, -0.05) is 36.4 Å². The zero-order valence-corrected chi connectivity index (χ0v) is 15.6. The van der Waals surface area contributed by atoms with Crippen molar-refractivity contribution in [1.82, 2.24) is 4.90 Å². The lowest BCUT2D eigenvalue weighted by atomic mass is 10.1. The Labute approximate surface area is 151 Å². The fourth-order valence-electron chi connectivity index (χ4n) is 2.74. The maximum atomic E-state index is 10.4. The summed E-state index contributed by atoms with van der Waals surface area (Å²) in [4.78, 5) is 2.23. The third kappa shape index (κ3) is 5.76. The van der Waals surface area contributed by atoms with Crippen LogP contribution < -0.4 is 9.47 Å². The first-order valence-electron chi connectivity index (χ1n) is 8.73. The molecule has 136 valence electrons. The number of methoxy groups -OCH3 is 1. The summed E-state index contributed by atoms with van der Waals surface area (Å²) < 4.78 is 11.2. The Kier molecular flexibility index (Phi) is 7.29. The summed E-state index contributed by atoms with van der Waals surface area (Å²) in [5.74, 6) is 1.70. The Morgan fingerprint density at radius 3 is 2.28 bits per heavy atom. The van der Waals surface area contributed by atoms with Crippen LogP contribution in [0.1, 0.15) is 25.0 Å². The Bertz CT molecular complexity index is 657. The SMILES string of the molecule is COc1ccccc1CN(CC(O)COc1ccccc1C)C(C)C. The highest BCUT2D eigenvalue weighted by molar-refractivity contribution is 5.33. The Hall–Kier alpha value is -2.04. The monoisotopic (exact) mass is 343 g/mol. The molecule has 1 unspecified atom stereocenters. The highest BCUT2D eigenvalue weighted by Crippen LogP contribution is 2.21. The summed E-state index contributed by atoms with van der Waals surface area (Å²) in [5, 5.41) is 10.4. The lowest BCUT2D eigenvalue weighted by Gasteiger charge is -2.29. The van der Waals surface area contributed by atoms with Crippen LogP contribution in [-0.4, -0.2) is 42.4 Å². The van der Waals surface area contributed by atoms with Crippen LogP contribution >= 0.6 is 0 Å². The molecule has 0 aliphatic rings. The molecule has 0 spiro atoms. The van der Waals surface area contributed by atoms with Crippen LogP contribution in [0, 0.1) is 6.92 Å². The fraction of sp³-hybridized carbons (Fsp3) is 0.429. The summed E-state index contributed by atoms with van der Waals surface area (Å²) in [5.41, 5.74) is 2.19. The summed E-state index contributed by atoms with van der Waals surface area (Å²) >= 11 is 0. The highest BCUT2D eigenvalue weighted by atomic mass is 16.5. The van der Waals surface area contributed by atoms with Crippen molar-refractivity contribution in [2.45, 2.75) is 39.5 Å². The minimum absolute atomic E-state index is 0.278. The molecule has 2 rings (SSSR count). The molecule has 2 aromatic rings. The van der Waals surface area contributed by atoms with Crippen molar-refractivity contribution in [1.29, 1.82) is 0 Å². The summed E-state index contributed by atoms with van der Waals surface area (Å²) in [6.07, 6.45) is -0.559. The average molecular weight is 343 g/mol. The third-order valence-corrected chi connectivity index (χ3v) is 4.27. The van der Waals surface area contributed by atoms with Crippen LogP contribution in [0.25, 0.3) is 0 Å². The molecule has 0 aliphatic heterocycles. The number of aliphatic hydroxyl groups excluding tert-OH is 1. The van der Waals surface area contributed by atoms with Gasteiger partial charge in [-0.25, -0.2) is 0 Å². The number of hydrogen-bond donors (Lipinski definition) is 1. The zero-order chi connectivity index (χ0) is 18.2. The van der Waals surface area contributed by atoms with Crippen LogP contribution in [0.2, 0.25) is 0 Å². The second-order valence-corrected chi connectivity index (χ2v) is 6.57. The standard InChI is InChI=1S/C21H29NO3/c1-16(2)22(13-18-10-6-8-12-21(18)24-4)14-19(23)15-25-20-11-7-5-9-17(20)3/h5-12,16,19,23H,13-15H2,1-4H3. The van der Waals surface area contributed by atoms with Gasteiger partial charge in [0.05, 0.1) is 7.11 Å². The maximum absolute atomic E-state index is 10.4. The van der Waals surface area contributed by atoms with Gasteiger partial charge in [0, 0.05) is 24.7 Å². The highest BCUT2D eigenvalue weighted by Gasteiger charge is 2.17. The third-order valence-electron chi connectivity index (χ3n) is 4.27. The molecule has 0 fully saturated rings. The predicted octanol–water partition coefficient (Wildman–Crippen LogP) is 3.65. The molecule has 1 N–H and O–H groups in total. The van der Waals surface area contributed by atoms with Gasteiger partial charge in [0.25, 0.3) is 0 Å². The van der Waals surface area contributed by atoms with E-state index in [1.807, 2.05) is 49.4 Å². The van der Waals surface area contributed by atoms with E-state index < -0.39 is 6.10 Å². The lowest BCUT2D eigenvalue weighted by Crippen LogP contribution is -2.39. The van der Waals surface area contributed by atoms with E-state index in [1.165, 1.54) is 0 Å². The normalized spacial score (nSPS) is 12.4. The number of benzene rings is 2. The fourth-order valence-corrected chi connectivity index (χ4v) is 2.74. The van der Waals surface area contributed by atoms with E-state index >= 15 is 0 Å². The first-order valence-corrected chi connectivity index (χ1v) is 8.73. The predicted molar refractivity (Wildman–Crippen MR) is 101 cm³/mol. The van der Waals surface area contributed by atoms with Crippen LogP contribution in [0.4, 0.5) is 0 Å². The van der Waals surface area contributed by atoms with Gasteiger partial charge in [0.2, 0.25) is 0 Å². The molecule has 0 aliphatic carbocycles. The molecular weight excluding hydrogens is 314 g/mol. The molecule has 0 saturated heterocycles. The molecule has 0 amide bonds. The van der Waals surface area contributed by atoms with E-state index in [2.05, 4.69) is 24.8 Å². The summed E-state index contributed by atoms with van der Waals surface area (Å²) in [6.45, 7) is 7.81. The topological polar surface area (TPSA) is 41.9 Å². The summed E-state index contributed by atoms with van der Waals surface area (Å²) in [6, 6.07) is 16.2. The van der Waals surface area contributed by atoms with E-state index in [-0.39, 0.29) is 6.61 Å². The molecule has 0 aromatic heterocycles. The number of ether oxygens (including phenoxy) is 2. The first kappa shape index (κ1) is 19.3. The zero-order valence-electron chi connectivity index (χ0n) is 15.6. The van der Waals surface area contributed by atoms with E-state index in [1.54, 1.807) is 7.11 Å². The van der Waals surface area contributed by atoms with Crippen LogP contribution in [0.5, 0.6) is 11.5 Å². The van der Waals surface area contributed by atoms with Gasteiger partial charge in [0.1, 0.15) is 24.2 Å². The van der Waals surface area contributed by atoms with E-state index in [4.69, 9.17) is 9.47 Å². The molecule has 0 heterocycles. The minimum atomic E-state index is -0.559. The van der Waals surface area contributed by atoms with Gasteiger partial charge in [0.15, 0.2) is 0 Å². The van der Waals surface area contributed by atoms with Crippen molar-refractivity contribution < 1.29 is 14.6 Å². The van der Waals surface area contributed by atoms with Crippen molar-refractivity contribution in [3.63, 3.8) is 0 Å². The second kappa shape index (κ2) is 9.44. The van der Waals surface area contributed by atoms with Crippen molar-refractivity contribution in [2.75, 3.05) is 20.3 Å². The Morgan fingerprint density at radius 1 is 1.00 bits per heavy atom. The largest absolute Gasteiger partial charge is 0.496 e. The summed E-state index contributed by atoms with van der Waals surface area (Å²) in [7, 11) is 1.68. The smallest absolute Gasteiger partial charge is 0.123 e. The maximum Gasteiger partial charge on any atom is 0.123 e.